The largest absolute Gasteiger partial charge is 0.381 e. The highest BCUT2D eigenvalue weighted by atomic mass is 16.3. The molecular formula is C48H70N8O6. The van der Waals surface area contributed by atoms with Crippen molar-refractivity contribution in [1.82, 2.24) is 41.5 Å². The van der Waals surface area contributed by atoms with Gasteiger partial charge in [0, 0.05) is 18.8 Å². The van der Waals surface area contributed by atoms with Crippen molar-refractivity contribution in [3.63, 3.8) is 0 Å². The first-order valence-electron chi connectivity index (χ1n) is 22.8. The predicted octanol–water partition coefficient (Wildman–Crippen LogP) is 5.60. The summed E-state index contributed by atoms with van der Waals surface area (Å²) < 4.78 is 0. The van der Waals surface area contributed by atoms with Gasteiger partial charge in [-0.3, -0.25) is 24.0 Å². The number of aliphatic hydroxyl groups excluding tert-OH is 1. The van der Waals surface area contributed by atoms with E-state index in [9.17, 15) is 29.1 Å². The number of benzene rings is 2. The smallest absolute Gasteiger partial charge is 0.251 e. The average molecular weight is 855 g/mol. The number of carbonyl (C=O) groups excluding carboxylic acids is 5. The number of nitrogens with one attached hydrogen (secondary N) is 4. The lowest BCUT2D eigenvalue weighted by Gasteiger charge is -2.32. The quantitative estimate of drug-likeness (QED) is 0.0800. The average Bonchev–Trinajstić information content (AvgIpc) is 4.01. The first kappa shape index (κ1) is 48.1. The maximum Gasteiger partial charge on any atom is 0.251 e. The fraction of sp³-hybridized carbons (Fsp3) is 0.625. The lowest BCUT2D eigenvalue weighted by atomic mass is 9.80. The third-order valence-corrected chi connectivity index (χ3v) is 13.1. The van der Waals surface area contributed by atoms with Crippen molar-refractivity contribution in [1.29, 1.82) is 0 Å². The number of Topliss-reactive ketones (excluding diaryl/α,β-unsaturated/α-hetero) is 1. The second-order valence-corrected chi connectivity index (χ2v) is 18.8. The molecular weight excluding hydrogens is 785 g/mol. The molecule has 14 heteroatoms. The van der Waals surface area contributed by atoms with Crippen LogP contribution in [0.5, 0.6) is 0 Å². The number of carbonyl (C=O) groups is 5. The summed E-state index contributed by atoms with van der Waals surface area (Å²) in [6, 6.07) is 16.5. The first-order valence-corrected chi connectivity index (χ1v) is 22.8. The third-order valence-electron chi connectivity index (χ3n) is 13.1. The van der Waals surface area contributed by atoms with Crippen LogP contribution in [0.2, 0.25) is 0 Å². The fourth-order valence-corrected chi connectivity index (χ4v) is 9.41. The van der Waals surface area contributed by atoms with Crippen LogP contribution in [0.4, 0.5) is 0 Å². The second-order valence-electron chi connectivity index (χ2n) is 18.8. The summed E-state index contributed by atoms with van der Waals surface area (Å²) in [6.07, 6.45) is 4.72. The van der Waals surface area contributed by atoms with Gasteiger partial charge in [0.1, 0.15) is 11.6 Å². The normalized spacial score (nSPS) is 21.1. The predicted molar refractivity (Wildman–Crippen MR) is 237 cm³/mol. The first-order chi connectivity index (χ1) is 29.5. The van der Waals surface area contributed by atoms with Gasteiger partial charge in [0.25, 0.3) is 5.91 Å². The summed E-state index contributed by atoms with van der Waals surface area (Å²) in [7, 11) is 0. The minimum Gasteiger partial charge on any atom is -0.381 e. The molecule has 1 heterocycles. The maximum atomic E-state index is 14.6. The van der Waals surface area contributed by atoms with Crippen LogP contribution in [0.3, 0.4) is 0 Å². The van der Waals surface area contributed by atoms with E-state index in [-0.39, 0.29) is 53.7 Å². The molecule has 0 aliphatic heterocycles. The Bertz CT molecular complexity index is 1950. The van der Waals surface area contributed by atoms with Gasteiger partial charge in [-0.2, -0.15) is 4.80 Å². The van der Waals surface area contributed by atoms with Crippen molar-refractivity contribution in [2.24, 2.45) is 35.5 Å². The molecule has 2 fully saturated rings. The van der Waals surface area contributed by atoms with E-state index in [1.807, 2.05) is 116 Å². The van der Waals surface area contributed by atoms with Crippen LogP contribution in [0.1, 0.15) is 136 Å². The van der Waals surface area contributed by atoms with E-state index < -0.39 is 53.4 Å². The number of amides is 4. The van der Waals surface area contributed by atoms with Crippen molar-refractivity contribution in [2.45, 2.75) is 155 Å². The fourth-order valence-electron chi connectivity index (χ4n) is 9.41. The van der Waals surface area contributed by atoms with Gasteiger partial charge in [-0.15, -0.1) is 10.2 Å². The van der Waals surface area contributed by atoms with Gasteiger partial charge in [-0.05, 0) is 92.9 Å². The van der Waals surface area contributed by atoms with Gasteiger partial charge in [0.2, 0.25) is 17.7 Å². The topological polar surface area (TPSA) is 197 Å². The maximum absolute atomic E-state index is 14.6. The van der Waals surface area contributed by atoms with Crippen molar-refractivity contribution < 1.29 is 29.1 Å². The number of aliphatic hydroxyl groups is 1. The van der Waals surface area contributed by atoms with E-state index in [2.05, 4.69) is 36.7 Å². The van der Waals surface area contributed by atoms with Crippen molar-refractivity contribution >= 4 is 29.4 Å². The molecule has 2 saturated carbocycles. The molecule has 0 radical (unpaired) electrons. The van der Waals surface area contributed by atoms with Crippen molar-refractivity contribution in [2.75, 3.05) is 0 Å². The van der Waals surface area contributed by atoms with Gasteiger partial charge in [0.15, 0.2) is 17.7 Å². The molecule has 1 aromatic heterocycles. The van der Waals surface area contributed by atoms with Crippen LogP contribution in [0.15, 0.2) is 60.7 Å². The lowest BCUT2D eigenvalue weighted by Crippen LogP contribution is -2.57. The van der Waals surface area contributed by atoms with E-state index in [1.54, 1.807) is 4.80 Å². The number of hydrogen-bond acceptors (Lipinski definition) is 9. The van der Waals surface area contributed by atoms with Gasteiger partial charge < -0.3 is 26.4 Å². The number of ketones is 1. The van der Waals surface area contributed by atoms with Crippen molar-refractivity contribution in [3.8, 4) is 0 Å². The molecule has 2 aliphatic carbocycles. The summed E-state index contributed by atoms with van der Waals surface area (Å²) in [5.74, 6) is -2.87. The van der Waals surface area contributed by atoms with Gasteiger partial charge >= 0.3 is 0 Å². The zero-order chi connectivity index (χ0) is 45.1. The van der Waals surface area contributed by atoms with E-state index in [1.165, 1.54) is 0 Å². The number of tetrazole rings is 1. The SMILES string of the molecule is CCCC(NC(=O)[C@H]1C(C(=O)[C@@H](NC(=O)[C@@H](NC(=O)CCCCc2nnn(C(C)(C)c3ccccc3)n2)C(C)C)C(C)C)C[C@@H]2CCC[C@@H]21)C(O)C(=O)N[C@@H](C)c1ccccc1. The van der Waals surface area contributed by atoms with E-state index in [0.717, 1.165) is 30.4 Å². The molecule has 0 saturated heterocycles. The van der Waals surface area contributed by atoms with Crippen LogP contribution in [-0.2, 0) is 35.9 Å². The van der Waals surface area contributed by atoms with Gasteiger partial charge in [-0.25, -0.2) is 0 Å². The zero-order valence-corrected chi connectivity index (χ0v) is 38.0. The monoisotopic (exact) mass is 855 g/mol. The molecule has 14 nitrogen and oxygen atoms in total. The Kier molecular flexibility index (Phi) is 17.0. The number of rotatable bonds is 22. The Hall–Kier alpha value is -4.98. The molecule has 4 amide bonds. The molecule has 0 spiro atoms. The lowest BCUT2D eigenvalue weighted by molar-refractivity contribution is -0.139. The summed E-state index contributed by atoms with van der Waals surface area (Å²) in [5, 5.41) is 36.2. The number of aromatic nitrogens is 4. The standard InChI is InChI=1S/C48H70N8O6/c1-9-19-37(44(59)47(62)49-31(6)32-20-12-10-13-21-32)50-45(60)40-35-25-18-22-33(35)28-36(40)43(58)41(29(2)3)52-46(61)42(30(4)5)51-39(57)27-17-16-26-38-53-55-56(54-38)48(7,8)34-23-14-11-15-24-34/h10-15,20-21,23-24,29-31,33,35-37,40-42,44,59H,9,16-19,22,25-28H2,1-8H3,(H,49,62)(H,50,60)(H,51,57)(H,52,61)/t31-,33-,35-,36?,37?,40+,41-,42-,44?/m0/s1. The molecule has 5 N–H and O–H groups in total. The molecule has 9 atom stereocenters. The Morgan fingerprint density at radius 3 is 2.13 bits per heavy atom. The molecule has 5 rings (SSSR count). The summed E-state index contributed by atoms with van der Waals surface area (Å²) >= 11 is 0. The van der Waals surface area contributed by atoms with Gasteiger partial charge in [-0.1, -0.05) is 115 Å². The Labute approximate surface area is 367 Å². The van der Waals surface area contributed by atoms with Crippen molar-refractivity contribution in [3.05, 3.63) is 77.6 Å². The summed E-state index contributed by atoms with van der Waals surface area (Å²) in [6.45, 7) is 15.3. The van der Waals surface area contributed by atoms with E-state index >= 15 is 0 Å². The molecule has 0 bridgehead atoms. The molecule has 2 aliphatic rings. The molecule has 338 valence electrons. The Morgan fingerprint density at radius 1 is 0.823 bits per heavy atom. The van der Waals surface area contributed by atoms with Crippen LogP contribution >= 0.6 is 0 Å². The highest BCUT2D eigenvalue weighted by Crippen LogP contribution is 2.51. The van der Waals surface area contributed by atoms with Crippen LogP contribution in [-0.4, -0.2) is 79.0 Å². The number of fused-ring (bicyclic) bond motifs is 1. The Morgan fingerprint density at radius 2 is 1.48 bits per heavy atom. The minimum atomic E-state index is -1.48. The Balaban J connectivity index is 1.18. The minimum absolute atomic E-state index is 0.00890. The zero-order valence-electron chi connectivity index (χ0n) is 38.0. The third kappa shape index (κ3) is 11.9. The van der Waals surface area contributed by atoms with Crippen LogP contribution in [0, 0.1) is 35.5 Å². The molecule has 3 unspecified atom stereocenters. The summed E-state index contributed by atoms with van der Waals surface area (Å²) in [5.41, 5.74) is 1.48. The molecule has 62 heavy (non-hydrogen) atoms. The van der Waals surface area contributed by atoms with E-state index in [0.29, 0.717) is 44.3 Å². The number of hydrogen-bond donors (Lipinski definition) is 5. The number of aryl methyl sites for hydroxylation is 1. The van der Waals surface area contributed by atoms with E-state index in [4.69, 9.17) is 0 Å². The second kappa shape index (κ2) is 21.9. The van der Waals surface area contributed by atoms with Crippen LogP contribution in [0.25, 0.3) is 0 Å². The van der Waals surface area contributed by atoms with Gasteiger partial charge in [0.05, 0.1) is 24.0 Å². The number of unbranched alkanes of at least 4 members (excludes halogenated alkanes) is 1. The number of nitrogens with zero attached hydrogens (tertiary/aromatic N) is 4. The molecule has 3 aromatic rings. The highest BCUT2D eigenvalue weighted by Gasteiger charge is 2.53. The molecule has 2 aromatic carbocycles. The summed E-state index contributed by atoms with van der Waals surface area (Å²) in [4.78, 5) is 71.0. The van der Waals surface area contributed by atoms with Crippen LogP contribution < -0.4 is 21.3 Å². The highest BCUT2D eigenvalue weighted by molar-refractivity contribution is 5.97.